The van der Waals surface area contributed by atoms with Gasteiger partial charge in [-0.25, -0.2) is 17.8 Å². The number of piperidine rings is 1. The highest BCUT2D eigenvalue weighted by molar-refractivity contribution is 7.89. The average Bonchev–Trinajstić information content (AvgIpc) is 2.95. The van der Waals surface area contributed by atoms with E-state index in [1.165, 1.54) is 6.07 Å². The summed E-state index contributed by atoms with van der Waals surface area (Å²) < 4.78 is 32.6. The third kappa shape index (κ3) is 2.99. The molecule has 0 bridgehead atoms. The molecule has 8 heteroatoms. The molecule has 0 spiro atoms. The van der Waals surface area contributed by atoms with Gasteiger partial charge in [-0.1, -0.05) is 6.07 Å². The molecular weight excluding hydrogens is 304 g/mol. The van der Waals surface area contributed by atoms with E-state index in [0.29, 0.717) is 11.6 Å². The Morgan fingerprint density at radius 3 is 2.68 bits per heavy atom. The van der Waals surface area contributed by atoms with Gasteiger partial charge in [0.2, 0.25) is 10.0 Å². The van der Waals surface area contributed by atoms with Crippen molar-refractivity contribution in [1.82, 2.24) is 19.9 Å². The minimum atomic E-state index is -3.63. The van der Waals surface area contributed by atoms with E-state index in [1.54, 1.807) is 12.1 Å². The topological polar surface area (TPSA) is 88.3 Å². The van der Waals surface area contributed by atoms with E-state index in [2.05, 4.69) is 38.4 Å². The Morgan fingerprint density at radius 1 is 1.27 bits per heavy atom. The zero-order valence-corrected chi connectivity index (χ0v) is 13.5. The quantitative estimate of drug-likeness (QED) is 0.914. The van der Waals surface area contributed by atoms with Crippen molar-refractivity contribution >= 4 is 21.1 Å². The maximum absolute atomic E-state index is 12.6. The van der Waals surface area contributed by atoms with Gasteiger partial charge < -0.3 is 4.90 Å². The molecule has 0 atom stereocenters. The molecule has 0 radical (unpaired) electrons. The molecule has 2 heterocycles. The number of fused-ring (bicyclic) bond motifs is 1. The molecule has 0 unspecified atom stereocenters. The van der Waals surface area contributed by atoms with Gasteiger partial charge in [-0.15, -0.1) is 0 Å². The van der Waals surface area contributed by atoms with Crippen molar-refractivity contribution in [3.8, 4) is 0 Å². The summed E-state index contributed by atoms with van der Waals surface area (Å²) in [5.41, 5.74) is 0.715. The van der Waals surface area contributed by atoms with Crippen molar-refractivity contribution in [3.63, 3.8) is 0 Å². The first-order chi connectivity index (χ1) is 10.5. The zero-order valence-electron chi connectivity index (χ0n) is 12.7. The van der Waals surface area contributed by atoms with Gasteiger partial charge in [0, 0.05) is 12.1 Å². The van der Waals surface area contributed by atoms with E-state index in [0.717, 1.165) is 25.9 Å². The predicted octanol–water partition coefficient (Wildman–Crippen LogP) is 1.37. The summed E-state index contributed by atoms with van der Waals surface area (Å²) in [7, 11) is -3.63. The molecule has 1 aromatic heterocycles. The molecule has 2 aromatic rings. The van der Waals surface area contributed by atoms with Crippen LogP contribution >= 0.6 is 0 Å². The van der Waals surface area contributed by atoms with Crippen LogP contribution in [0.5, 0.6) is 0 Å². The third-order valence-corrected chi connectivity index (χ3v) is 5.67. The maximum Gasteiger partial charge on any atom is 0.243 e. The first-order valence-electron chi connectivity index (χ1n) is 7.45. The summed E-state index contributed by atoms with van der Waals surface area (Å²) in [4.78, 5) is 2.48. The Hall–Kier alpha value is -1.51. The molecule has 3 rings (SSSR count). The summed E-state index contributed by atoms with van der Waals surface area (Å²) in [6, 6.07) is 5.29. The number of rotatable bonds is 4. The number of nitrogens with zero attached hydrogens (tertiary/aromatic N) is 3. The van der Waals surface area contributed by atoms with Crippen LogP contribution in [0.25, 0.3) is 11.0 Å². The molecule has 1 aromatic carbocycles. The normalized spacial score (nSPS) is 18.3. The number of sulfonamides is 1. The van der Waals surface area contributed by atoms with Crippen LogP contribution in [-0.2, 0) is 10.0 Å². The molecule has 7 nitrogen and oxygen atoms in total. The van der Waals surface area contributed by atoms with Crippen molar-refractivity contribution in [2.75, 3.05) is 13.1 Å². The van der Waals surface area contributed by atoms with Crippen LogP contribution in [0.15, 0.2) is 27.7 Å². The molecule has 22 heavy (non-hydrogen) atoms. The average molecular weight is 324 g/mol. The SMILES string of the molecule is CC(C)N1CCC(NS(=O)(=O)c2cccc3nonc23)CC1. The first-order valence-corrected chi connectivity index (χ1v) is 8.93. The van der Waals surface area contributed by atoms with Crippen LogP contribution in [0.3, 0.4) is 0 Å². The highest BCUT2D eigenvalue weighted by Gasteiger charge is 2.27. The molecule has 0 amide bonds. The van der Waals surface area contributed by atoms with E-state index in [9.17, 15) is 8.42 Å². The van der Waals surface area contributed by atoms with Crippen LogP contribution in [-0.4, -0.2) is 48.8 Å². The number of aromatic nitrogens is 2. The summed E-state index contributed by atoms with van der Waals surface area (Å²) in [6.07, 6.45) is 1.62. The van der Waals surface area contributed by atoms with Gasteiger partial charge in [0.25, 0.3) is 0 Å². The molecule has 1 aliphatic rings. The summed E-state index contributed by atoms with van der Waals surface area (Å²) in [5.74, 6) is 0. The Bertz CT molecular complexity index is 748. The van der Waals surface area contributed by atoms with Crippen LogP contribution in [0.4, 0.5) is 0 Å². The van der Waals surface area contributed by atoms with E-state index in [-0.39, 0.29) is 16.5 Å². The van der Waals surface area contributed by atoms with Gasteiger partial charge in [0.1, 0.15) is 10.4 Å². The lowest BCUT2D eigenvalue weighted by Crippen LogP contribution is -2.46. The van der Waals surface area contributed by atoms with Crippen LogP contribution in [0.2, 0.25) is 0 Å². The maximum atomic E-state index is 12.6. The molecule has 1 saturated heterocycles. The number of hydrogen-bond donors (Lipinski definition) is 1. The Kier molecular flexibility index (Phi) is 4.16. The van der Waals surface area contributed by atoms with Gasteiger partial charge in [0.05, 0.1) is 0 Å². The van der Waals surface area contributed by atoms with Crippen LogP contribution in [0.1, 0.15) is 26.7 Å². The van der Waals surface area contributed by atoms with E-state index < -0.39 is 10.0 Å². The van der Waals surface area contributed by atoms with Gasteiger partial charge >= 0.3 is 0 Å². The Balaban J connectivity index is 1.76. The fourth-order valence-electron chi connectivity index (χ4n) is 2.81. The van der Waals surface area contributed by atoms with Gasteiger partial charge in [-0.3, -0.25) is 0 Å². The number of likely N-dealkylation sites (tertiary alicyclic amines) is 1. The lowest BCUT2D eigenvalue weighted by molar-refractivity contribution is 0.168. The third-order valence-electron chi connectivity index (χ3n) is 4.12. The summed E-state index contributed by atoms with van der Waals surface area (Å²) >= 11 is 0. The molecular formula is C14H20N4O3S. The zero-order chi connectivity index (χ0) is 15.7. The van der Waals surface area contributed by atoms with Gasteiger partial charge in [0.15, 0.2) is 5.52 Å². The number of nitrogens with one attached hydrogen (secondary N) is 1. The predicted molar refractivity (Wildman–Crippen MR) is 81.9 cm³/mol. The molecule has 120 valence electrons. The smallest absolute Gasteiger partial charge is 0.243 e. The van der Waals surface area contributed by atoms with Gasteiger partial charge in [-0.2, -0.15) is 0 Å². The van der Waals surface area contributed by atoms with Gasteiger partial charge in [-0.05, 0) is 62.2 Å². The number of hydrogen-bond acceptors (Lipinski definition) is 6. The summed E-state index contributed by atoms with van der Waals surface area (Å²) in [5, 5.41) is 7.38. The van der Waals surface area contributed by atoms with Crippen LogP contribution < -0.4 is 4.72 Å². The second-order valence-electron chi connectivity index (χ2n) is 5.91. The largest absolute Gasteiger partial charge is 0.301 e. The lowest BCUT2D eigenvalue weighted by Gasteiger charge is -2.34. The second kappa shape index (κ2) is 5.94. The fraction of sp³-hybridized carbons (Fsp3) is 0.571. The monoisotopic (exact) mass is 324 g/mol. The van der Waals surface area contributed by atoms with Crippen molar-refractivity contribution in [1.29, 1.82) is 0 Å². The fourth-order valence-corrected chi connectivity index (χ4v) is 4.27. The van der Waals surface area contributed by atoms with Crippen molar-refractivity contribution in [2.45, 2.75) is 43.7 Å². The Morgan fingerprint density at radius 2 is 2.00 bits per heavy atom. The molecule has 1 aliphatic heterocycles. The first kappa shape index (κ1) is 15.4. The molecule has 1 N–H and O–H groups in total. The lowest BCUT2D eigenvalue weighted by atomic mass is 10.1. The van der Waals surface area contributed by atoms with E-state index in [1.807, 2.05) is 0 Å². The highest BCUT2D eigenvalue weighted by Crippen LogP contribution is 2.21. The van der Waals surface area contributed by atoms with Crippen LogP contribution in [0, 0.1) is 0 Å². The summed E-state index contributed by atoms with van der Waals surface area (Å²) in [6.45, 7) is 6.12. The van der Waals surface area contributed by atoms with Crippen molar-refractivity contribution in [3.05, 3.63) is 18.2 Å². The highest BCUT2D eigenvalue weighted by atomic mass is 32.2. The Labute approximate surface area is 129 Å². The molecule has 1 fully saturated rings. The van der Waals surface area contributed by atoms with E-state index in [4.69, 9.17) is 0 Å². The van der Waals surface area contributed by atoms with Crippen molar-refractivity contribution < 1.29 is 13.0 Å². The van der Waals surface area contributed by atoms with Crippen molar-refractivity contribution in [2.24, 2.45) is 0 Å². The van der Waals surface area contributed by atoms with E-state index >= 15 is 0 Å². The minimum absolute atomic E-state index is 0.0462. The minimum Gasteiger partial charge on any atom is -0.301 e. The molecule has 0 aliphatic carbocycles. The second-order valence-corrected chi connectivity index (χ2v) is 7.60. The number of benzene rings is 1. The molecule has 0 saturated carbocycles. The standard InChI is InChI=1S/C14H20N4O3S/c1-10(2)18-8-6-11(7-9-18)17-22(19,20)13-5-3-4-12-14(13)16-21-15-12/h3-5,10-11,17H,6-9H2,1-2H3.